The van der Waals surface area contributed by atoms with Crippen molar-refractivity contribution in [2.24, 2.45) is 0 Å². The van der Waals surface area contributed by atoms with Crippen LogP contribution in [0, 0.1) is 6.92 Å². The molecule has 0 saturated carbocycles. The van der Waals surface area contributed by atoms with Crippen molar-refractivity contribution in [3.63, 3.8) is 0 Å². The number of fused-ring (bicyclic) bond motifs is 1. The van der Waals surface area contributed by atoms with Gasteiger partial charge in [0.1, 0.15) is 0 Å². The molecular formula is C28H28N4O. The number of aryl methyl sites for hydroxylation is 1. The number of hydrogen-bond acceptors (Lipinski definition) is 4. The summed E-state index contributed by atoms with van der Waals surface area (Å²) in [7, 11) is 0. The normalized spacial score (nSPS) is 14.9. The fraction of sp³-hybridized carbons (Fsp3) is 0.250. The lowest BCUT2D eigenvalue weighted by Crippen LogP contribution is -2.44. The third kappa shape index (κ3) is 4.94. The minimum Gasteiger partial charge on any atom is -0.349 e. The van der Waals surface area contributed by atoms with Crippen LogP contribution in [0.2, 0.25) is 0 Å². The maximum atomic E-state index is 13.4. The molecule has 0 radical (unpaired) electrons. The summed E-state index contributed by atoms with van der Waals surface area (Å²) in [6.45, 7) is 4.97. The first-order valence-electron chi connectivity index (χ1n) is 11.5. The van der Waals surface area contributed by atoms with Crippen LogP contribution in [0.5, 0.6) is 0 Å². The van der Waals surface area contributed by atoms with Crippen molar-refractivity contribution >= 4 is 16.8 Å². The van der Waals surface area contributed by atoms with E-state index in [9.17, 15) is 4.79 Å². The van der Waals surface area contributed by atoms with Crippen LogP contribution in [0.3, 0.4) is 0 Å². The van der Waals surface area contributed by atoms with Crippen LogP contribution in [0.1, 0.15) is 34.3 Å². The molecule has 5 rings (SSSR count). The van der Waals surface area contributed by atoms with Crippen LogP contribution in [-0.4, -0.2) is 39.9 Å². The van der Waals surface area contributed by atoms with Gasteiger partial charge in [-0.2, -0.15) is 0 Å². The van der Waals surface area contributed by atoms with Crippen molar-refractivity contribution in [3.05, 3.63) is 95.8 Å². The summed E-state index contributed by atoms with van der Waals surface area (Å²) in [4.78, 5) is 24.8. The molecule has 33 heavy (non-hydrogen) atoms. The molecule has 4 aromatic rings. The molecule has 1 saturated heterocycles. The molecule has 2 aromatic carbocycles. The second kappa shape index (κ2) is 9.51. The molecule has 1 amide bonds. The molecule has 0 unspecified atom stereocenters. The third-order valence-corrected chi connectivity index (χ3v) is 6.36. The van der Waals surface area contributed by atoms with Crippen molar-refractivity contribution < 1.29 is 4.79 Å². The molecule has 1 N–H and O–H groups in total. The van der Waals surface area contributed by atoms with Crippen LogP contribution >= 0.6 is 0 Å². The number of pyridine rings is 2. The average Bonchev–Trinajstić information content (AvgIpc) is 2.86. The second-order valence-electron chi connectivity index (χ2n) is 8.82. The number of nitrogens with one attached hydrogen (secondary N) is 1. The maximum absolute atomic E-state index is 13.4. The number of carbonyl (C=O) groups is 1. The third-order valence-electron chi connectivity index (χ3n) is 6.36. The molecule has 1 aliphatic heterocycles. The lowest BCUT2D eigenvalue weighted by atomic mass is 10.0. The highest BCUT2D eigenvalue weighted by Crippen LogP contribution is 2.26. The number of likely N-dealkylation sites (tertiary alicyclic amines) is 1. The Hall–Kier alpha value is -3.57. The first-order chi connectivity index (χ1) is 16.2. The smallest absolute Gasteiger partial charge is 0.252 e. The molecule has 1 aliphatic rings. The van der Waals surface area contributed by atoms with Gasteiger partial charge < -0.3 is 5.32 Å². The van der Waals surface area contributed by atoms with Crippen LogP contribution in [0.4, 0.5) is 0 Å². The highest BCUT2D eigenvalue weighted by molar-refractivity contribution is 6.07. The van der Waals surface area contributed by atoms with E-state index < -0.39 is 0 Å². The SMILES string of the molecule is Cc1ccc2nc(-c3ccncc3)cc(C(=O)NC3CCN(Cc4ccccc4)CC3)c2c1. The number of benzene rings is 2. The minimum atomic E-state index is -0.0233. The standard InChI is InChI=1S/C28H28N4O/c1-20-7-8-26-24(17-20)25(18-27(31-26)22-9-13-29-14-10-22)28(33)30-23-11-15-32(16-12-23)19-21-5-3-2-4-6-21/h2-10,13-14,17-18,23H,11-12,15-16,19H2,1H3,(H,30,33). The van der Waals surface area contributed by atoms with E-state index in [0.717, 1.165) is 60.2 Å². The molecule has 2 aromatic heterocycles. The van der Waals surface area contributed by atoms with E-state index in [1.165, 1.54) is 5.56 Å². The van der Waals surface area contributed by atoms with E-state index >= 15 is 0 Å². The number of hydrogen-bond donors (Lipinski definition) is 1. The summed E-state index contributed by atoms with van der Waals surface area (Å²) in [6.07, 6.45) is 5.41. The topological polar surface area (TPSA) is 58.1 Å². The number of amides is 1. The summed E-state index contributed by atoms with van der Waals surface area (Å²) in [5, 5.41) is 4.20. The summed E-state index contributed by atoms with van der Waals surface area (Å²) < 4.78 is 0. The molecule has 1 fully saturated rings. The summed E-state index contributed by atoms with van der Waals surface area (Å²) in [6, 6.07) is 22.6. The highest BCUT2D eigenvalue weighted by atomic mass is 16.1. The maximum Gasteiger partial charge on any atom is 0.252 e. The Labute approximate surface area is 194 Å². The van der Waals surface area contributed by atoms with Crippen LogP contribution in [0.15, 0.2) is 79.1 Å². The fourth-order valence-electron chi connectivity index (χ4n) is 4.54. The fourth-order valence-corrected chi connectivity index (χ4v) is 4.54. The van der Waals surface area contributed by atoms with Gasteiger partial charge in [0.25, 0.3) is 5.91 Å². The van der Waals surface area contributed by atoms with Gasteiger partial charge in [0.05, 0.1) is 16.8 Å². The van der Waals surface area contributed by atoms with Gasteiger partial charge in [-0.3, -0.25) is 14.7 Å². The van der Waals surface area contributed by atoms with E-state index in [2.05, 4.69) is 51.6 Å². The Morgan fingerprint density at radius 1 is 1.00 bits per heavy atom. The molecule has 5 heteroatoms. The van der Waals surface area contributed by atoms with Gasteiger partial charge in [-0.1, -0.05) is 42.0 Å². The molecule has 0 bridgehead atoms. The Balaban J connectivity index is 1.33. The Morgan fingerprint density at radius 3 is 2.52 bits per heavy atom. The van der Waals surface area contributed by atoms with Crippen molar-refractivity contribution in [1.29, 1.82) is 0 Å². The molecule has 0 aliphatic carbocycles. The predicted octanol–water partition coefficient (Wildman–Crippen LogP) is 5.00. The minimum absolute atomic E-state index is 0.0233. The van der Waals surface area contributed by atoms with E-state index in [0.29, 0.717) is 5.56 Å². The monoisotopic (exact) mass is 436 g/mol. The van der Waals surface area contributed by atoms with E-state index in [-0.39, 0.29) is 11.9 Å². The van der Waals surface area contributed by atoms with Gasteiger partial charge in [0.2, 0.25) is 0 Å². The zero-order chi connectivity index (χ0) is 22.6. The summed E-state index contributed by atoms with van der Waals surface area (Å²) >= 11 is 0. The molecular weight excluding hydrogens is 408 g/mol. The quantitative estimate of drug-likeness (QED) is 0.478. The van der Waals surface area contributed by atoms with Crippen molar-refractivity contribution in [2.45, 2.75) is 32.4 Å². The Morgan fingerprint density at radius 2 is 1.76 bits per heavy atom. The van der Waals surface area contributed by atoms with Crippen molar-refractivity contribution in [3.8, 4) is 11.3 Å². The van der Waals surface area contributed by atoms with E-state index in [1.807, 2.05) is 37.3 Å². The van der Waals surface area contributed by atoms with Crippen LogP contribution in [-0.2, 0) is 6.54 Å². The number of rotatable bonds is 5. The Kier molecular flexibility index (Phi) is 6.13. The number of piperidine rings is 1. The Bertz CT molecular complexity index is 1250. The molecule has 5 nitrogen and oxygen atoms in total. The second-order valence-corrected chi connectivity index (χ2v) is 8.82. The van der Waals surface area contributed by atoms with E-state index in [1.54, 1.807) is 12.4 Å². The van der Waals surface area contributed by atoms with Gasteiger partial charge in [-0.15, -0.1) is 0 Å². The van der Waals surface area contributed by atoms with Crippen molar-refractivity contribution in [1.82, 2.24) is 20.2 Å². The van der Waals surface area contributed by atoms with Gasteiger partial charge in [0.15, 0.2) is 0 Å². The van der Waals surface area contributed by atoms with Gasteiger partial charge in [-0.05, 0) is 55.7 Å². The lowest BCUT2D eigenvalue weighted by Gasteiger charge is -2.32. The zero-order valence-electron chi connectivity index (χ0n) is 18.9. The largest absolute Gasteiger partial charge is 0.349 e. The number of aromatic nitrogens is 2. The molecule has 0 atom stereocenters. The first-order valence-corrected chi connectivity index (χ1v) is 11.5. The highest BCUT2D eigenvalue weighted by Gasteiger charge is 2.22. The van der Waals surface area contributed by atoms with Crippen molar-refractivity contribution in [2.75, 3.05) is 13.1 Å². The van der Waals surface area contributed by atoms with Crippen LogP contribution in [0.25, 0.3) is 22.2 Å². The predicted molar refractivity (Wildman–Crippen MR) is 132 cm³/mol. The van der Waals surface area contributed by atoms with Gasteiger partial charge in [0, 0.05) is 49.0 Å². The van der Waals surface area contributed by atoms with E-state index in [4.69, 9.17) is 4.98 Å². The zero-order valence-corrected chi connectivity index (χ0v) is 18.9. The van der Waals surface area contributed by atoms with Crippen LogP contribution < -0.4 is 5.32 Å². The first kappa shape index (κ1) is 21.3. The van der Waals surface area contributed by atoms with Gasteiger partial charge in [-0.25, -0.2) is 4.98 Å². The molecule has 3 heterocycles. The van der Waals surface area contributed by atoms with Gasteiger partial charge >= 0.3 is 0 Å². The average molecular weight is 437 g/mol. The molecule has 166 valence electrons. The number of nitrogens with zero attached hydrogens (tertiary/aromatic N) is 3. The lowest BCUT2D eigenvalue weighted by molar-refractivity contribution is 0.0910. The summed E-state index contributed by atoms with van der Waals surface area (Å²) in [5.41, 5.74) is 5.71. The summed E-state index contributed by atoms with van der Waals surface area (Å²) in [5.74, 6) is -0.0233. The number of carbonyl (C=O) groups excluding carboxylic acids is 1. The molecule has 0 spiro atoms.